The van der Waals surface area contributed by atoms with Gasteiger partial charge in [0.05, 0.1) is 23.8 Å². The Labute approximate surface area is 157 Å². The summed E-state index contributed by atoms with van der Waals surface area (Å²) >= 11 is 1.66. The highest BCUT2D eigenvalue weighted by Gasteiger charge is 2.09. The molecule has 0 saturated heterocycles. The smallest absolute Gasteiger partial charge is 0.228 e. The van der Waals surface area contributed by atoms with Crippen LogP contribution in [0.5, 0.6) is 0 Å². The molecule has 1 N–H and O–H groups in total. The van der Waals surface area contributed by atoms with Crippen LogP contribution in [0, 0.1) is 13.8 Å². The molecule has 0 spiro atoms. The van der Waals surface area contributed by atoms with Crippen LogP contribution in [-0.4, -0.2) is 46.1 Å². The molecule has 0 aliphatic heterocycles. The van der Waals surface area contributed by atoms with E-state index in [1.54, 1.807) is 11.3 Å². The van der Waals surface area contributed by atoms with Crippen molar-refractivity contribution >= 4 is 41.3 Å². The minimum atomic E-state index is 0. The lowest BCUT2D eigenvalue weighted by molar-refractivity contribution is 0.375. The Balaban J connectivity index is 0.00000264. The Morgan fingerprint density at radius 3 is 2.74 bits per heavy atom. The van der Waals surface area contributed by atoms with E-state index in [4.69, 9.17) is 4.52 Å². The molecule has 2 aromatic rings. The monoisotopic (exact) mass is 450 g/mol. The van der Waals surface area contributed by atoms with Gasteiger partial charge in [-0.2, -0.15) is 4.98 Å². The van der Waals surface area contributed by atoms with Gasteiger partial charge in [-0.05, 0) is 20.8 Å². The lowest BCUT2D eigenvalue weighted by Crippen LogP contribution is -2.38. The average molecular weight is 450 g/mol. The Bertz CT molecular complexity index is 626. The highest BCUT2D eigenvalue weighted by Crippen LogP contribution is 2.09. The molecule has 128 valence electrons. The second kappa shape index (κ2) is 9.81. The normalized spacial score (nSPS) is 11.2. The third kappa shape index (κ3) is 6.42. The van der Waals surface area contributed by atoms with E-state index in [1.165, 1.54) is 0 Å². The van der Waals surface area contributed by atoms with E-state index in [0.717, 1.165) is 29.8 Å². The van der Waals surface area contributed by atoms with Crippen molar-refractivity contribution in [2.45, 2.75) is 33.7 Å². The maximum absolute atomic E-state index is 5.09. The summed E-state index contributed by atoms with van der Waals surface area (Å²) in [6.07, 6.45) is 0.638. The van der Waals surface area contributed by atoms with Crippen LogP contribution in [0.3, 0.4) is 0 Å². The Morgan fingerprint density at radius 2 is 2.17 bits per heavy atom. The number of aliphatic imine (C=N–C) groups is 1. The van der Waals surface area contributed by atoms with Gasteiger partial charge < -0.3 is 14.7 Å². The van der Waals surface area contributed by atoms with Crippen LogP contribution >= 0.6 is 35.3 Å². The van der Waals surface area contributed by atoms with Gasteiger partial charge in [0.1, 0.15) is 0 Å². The number of thiazole rings is 1. The molecule has 0 radical (unpaired) electrons. The highest BCUT2D eigenvalue weighted by atomic mass is 127. The lowest BCUT2D eigenvalue weighted by atomic mass is 10.4. The summed E-state index contributed by atoms with van der Waals surface area (Å²) in [5, 5.41) is 10.2. The second-order valence-electron chi connectivity index (χ2n) is 4.93. The van der Waals surface area contributed by atoms with Gasteiger partial charge in [0, 0.05) is 25.4 Å². The average Bonchev–Trinajstić information content (AvgIpc) is 3.06. The zero-order valence-corrected chi connectivity index (χ0v) is 17.0. The van der Waals surface area contributed by atoms with Crippen molar-refractivity contribution in [1.82, 2.24) is 25.3 Å². The fraction of sp³-hybridized carbons (Fsp3) is 0.571. The Morgan fingerprint density at radius 1 is 1.39 bits per heavy atom. The first-order chi connectivity index (χ1) is 10.6. The summed E-state index contributed by atoms with van der Waals surface area (Å²) < 4.78 is 5.09. The maximum Gasteiger partial charge on any atom is 0.228 e. The van der Waals surface area contributed by atoms with E-state index in [0.29, 0.717) is 24.7 Å². The van der Waals surface area contributed by atoms with Crippen LogP contribution in [0.2, 0.25) is 0 Å². The van der Waals surface area contributed by atoms with Gasteiger partial charge in [-0.25, -0.2) is 4.98 Å². The molecule has 23 heavy (non-hydrogen) atoms. The van der Waals surface area contributed by atoms with Crippen LogP contribution < -0.4 is 5.32 Å². The number of aryl methyl sites for hydroxylation is 2. The molecule has 0 atom stereocenters. The third-order valence-electron chi connectivity index (χ3n) is 2.92. The van der Waals surface area contributed by atoms with Crippen molar-refractivity contribution in [1.29, 1.82) is 0 Å². The molecular weight excluding hydrogens is 427 g/mol. The summed E-state index contributed by atoms with van der Waals surface area (Å²) in [5.41, 5.74) is 1.06. The van der Waals surface area contributed by atoms with Crippen molar-refractivity contribution in [3.63, 3.8) is 0 Å². The van der Waals surface area contributed by atoms with Crippen molar-refractivity contribution in [2.24, 2.45) is 4.99 Å². The van der Waals surface area contributed by atoms with Crippen LogP contribution in [-0.2, 0) is 13.0 Å². The largest absolute Gasteiger partial charge is 0.357 e. The van der Waals surface area contributed by atoms with Gasteiger partial charge in [-0.15, -0.1) is 35.3 Å². The van der Waals surface area contributed by atoms with Crippen LogP contribution in [0.15, 0.2) is 14.9 Å². The van der Waals surface area contributed by atoms with E-state index in [-0.39, 0.29) is 24.0 Å². The van der Waals surface area contributed by atoms with Gasteiger partial charge in [0.25, 0.3) is 0 Å². The van der Waals surface area contributed by atoms with E-state index in [9.17, 15) is 0 Å². The predicted octanol–water partition coefficient (Wildman–Crippen LogP) is 2.40. The van der Waals surface area contributed by atoms with E-state index >= 15 is 0 Å². The van der Waals surface area contributed by atoms with Gasteiger partial charge >= 0.3 is 0 Å². The van der Waals surface area contributed by atoms with E-state index < -0.39 is 0 Å². The van der Waals surface area contributed by atoms with E-state index in [1.807, 2.05) is 20.9 Å². The molecule has 0 aromatic carbocycles. The topological polar surface area (TPSA) is 79.4 Å². The number of hydrogen-bond acceptors (Lipinski definition) is 6. The van der Waals surface area contributed by atoms with Crippen LogP contribution in [0.1, 0.15) is 29.3 Å². The van der Waals surface area contributed by atoms with Crippen LogP contribution in [0.4, 0.5) is 0 Å². The number of nitrogens with zero attached hydrogens (tertiary/aromatic N) is 5. The first-order valence-electron chi connectivity index (χ1n) is 7.28. The minimum absolute atomic E-state index is 0. The molecule has 0 bridgehead atoms. The summed E-state index contributed by atoms with van der Waals surface area (Å²) in [6.45, 7) is 8.03. The van der Waals surface area contributed by atoms with Crippen molar-refractivity contribution in [3.05, 3.63) is 27.8 Å². The quantitative estimate of drug-likeness (QED) is 0.414. The molecule has 0 fully saturated rings. The third-order valence-corrected chi connectivity index (χ3v) is 3.74. The molecule has 2 heterocycles. The molecular formula is C14H23IN6OS. The van der Waals surface area contributed by atoms with Crippen molar-refractivity contribution in [3.8, 4) is 0 Å². The number of rotatable bonds is 6. The Kier molecular flexibility index (Phi) is 8.45. The zero-order valence-electron chi connectivity index (χ0n) is 13.9. The second-order valence-corrected chi connectivity index (χ2v) is 6.00. The molecule has 2 aromatic heterocycles. The molecule has 7 nitrogen and oxygen atoms in total. The Hall–Kier alpha value is -1.23. The maximum atomic E-state index is 5.09. The number of aromatic nitrogens is 3. The molecule has 2 rings (SSSR count). The highest BCUT2D eigenvalue weighted by molar-refractivity contribution is 14.0. The standard InChI is InChI=1S/C14H22N6OS.HI/c1-5-15-14(16-7-6-13-17-10(2)19-21-13)20(4)8-12-9-22-11(3)18-12;/h9H,5-8H2,1-4H3,(H,15,16);1H. The van der Waals surface area contributed by atoms with Gasteiger partial charge in [-0.3, -0.25) is 4.99 Å². The molecule has 0 saturated carbocycles. The fourth-order valence-corrected chi connectivity index (χ4v) is 2.57. The number of guanidine groups is 1. The molecule has 0 amide bonds. The fourth-order valence-electron chi connectivity index (χ4n) is 1.97. The molecule has 0 unspecified atom stereocenters. The SMILES string of the molecule is CCNC(=NCCc1nc(C)no1)N(C)Cc1csc(C)n1.I. The summed E-state index contributed by atoms with van der Waals surface area (Å²) in [4.78, 5) is 15.3. The number of nitrogens with one attached hydrogen (secondary N) is 1. The number of hydrogen-bond donors (Lipinski definition) is 1. The predicted molar refractivity (Wildman–Crippen MR) is 102 cm³/mol. The lowest BCUT2D eigenvalue weighted by Gasteiger charge is -2.21. The summed E-state index contributed by atoms with van der Waals surface area (Å²) in [7, 11) is 2.01. The van der Waals surface area contributed by atoms with Gasteiger partial charge in [-0.1, -0.05) is 5.16 Å². The molecule has 0 aliphatic carbocycles. The minimum Gasteiger partial charge on any atom is -0.357 e. The number of halogens is 1. The van der Waals surface area contributed by atoms with Crippen molar-refractivity contribution in [2.75, 3.05) is 20.1 Å². The van der Waals surface area contributed by atoms with E-state index in [2.05, 4.69) is 42.6 Å². The zero-order chi connectivity index (χ0) is 15.9. The first-order valence-corrected chi connectivity index (χ1v) is 8.16. The molecule has 9 heteroatoms. The van der Waals surface area contributed by atoms with Gasteiger partial charge in [0.2, 0.25) is 5.89 Å². The molecule has 0 aliphatic rings. The summed E-state index contributed by atoms with van der Waals surface area (Å²) in [5.74, 6) is 2.13. The first kappa shape index (κ1) is 19.8. The summed E-state index contributed by atoms with van der Waals surface area (Å²) in [6, 6.07) is 0. The van der Waals surface area contributed by atoms with Crippen LogP contribution in [0.25, 0.3) is 0 Å². The van der Waals surface area contributed by atoms with Crippen molar-refractivity contribution < 1.29 is 4.52 Å². The van der Waals surface area contributed by atoms with Gasteiger partial charge in [0.15, 0.2) is 11.8 Å².